The molecule has 0 saturated carbocycles. The molecule has 0 aliphatic carbocycles. The summed E-state index contributed by atoms with van der Waals surface area (Å²) >= 11 is 1.47. The Hall–Kier alpha value is -2.65. The first kappa shape index (κ1) is 19.7. The molecule has 1 atom stereocenters. The van der Waals surface area contributed by atoms with Crippen LogP contribution in [-0.2, 0) is 16.1 Å². The minimum absolute atomic E-state index is 0.167. The molecule has 1 unspecified atom stereocenters. The molecule has 1 aromatic heterocycles. The fourth-order valence-corrected chi connectivity index (χ4v) is 2.69. The van der Waals surface area contributed by atoms with Crippen LogP contribution in [0.15, 0.2) is 29.1 Å². The van der Waals surface area contributed by atoms with E-state index in [-0.39, 0.29) is 18.8 Å². The molecule has 1 heterocycles. The van der Waals surface area contributed by atoms with E-state index in [1.807, 2.05) is 5.38 Å². The Labute approximate surface area is 154 Å². The van der Waals surface area contributed by atoms with E-state index in [1.165, 1.54) is 44.6 Å². The molecule has 2 rings (SSSR count). The number of nitrogens with one attached hydrogen (secondary N) is 1. The van der Waals surface area contributed by atoms with Gasteiger partial charge in [-0.1, -0.05) is 0 Å². The van der Waals surface area contributed by atoms with Crippen molar-refractivity contribution >= 4 is 23.2 Å². The van der Waals surface area contributed by atoms with Gasteiger partial charge in [-0.25, -0.2) is 9.78 Å². The van der Waals surface area contributed by atoms with E-state index in [2.05, 4.69) is 10.3 Å². The number of carbonyl (C=O) groups excluding carboxylic acids is 1. The fourth-order valence-electron chi connectivity index (χ4n) is 2.15. The van der Waals surface area contributed by atoms with Gasteiger partial charge in [-0.05, 0) is 25.1 Å². The fraction of sp³-hybridized carbons (Fsp3) is 0.353. The summed E-state index contributed by atoms with van der Waals surface area (Å²) in [6.45, 7) is 1.48. The number of carbonyl (C=O) groups is 2. The monoisotopic (exact) mass is 380 g/mol. The van der Waals surface area contributed by atoms with Crippen molar-refractivity contribution in [2.45, 2.75) is 19.1 Å². The maximum Gasteiger partial charge on any atom is 0.331 e. The van der Waals surface area contributed by atoms with Crippen LogP contribution in [0.3, 0.4) is 0 Å². The Kier molecular flexibility index (Phi) is 6.53. The summed E-state index contributed by atoms with van der Waals surface area (Å²) in [6, 6.07) is 4.61. The van der Waals surface area contributed by atoms with Crippen LogP contribution in [0.25, 0.3) is 0 Å². The summed E-state index contributed by atoms with van der Waals surface area (Å²) in [5, 5.41) is 13.7. The van der Waals surface area contributed by atoms with Crippen molar-refractivity contribution in [1.82, 2.24) is 10.3 Å². The number of aromatic nitrogens is 1. The van der Waals surface area contributed by atoms with Crippen molar-refractivity contribution in [1.29, 1.82) is 0 Å². The van der Waals surface area contributed by atoms with Gasteiger partial charge in [-0.15, -0.1) is 11.3 Å². The number of amides is 1. The van der Waals surface area contributed by atoms with Gasteiger partial charge >= 0.3 is 5.97 Å². The van der Waals surface area contributed by atoms with Gasteiger partial charge in [-0.3, -0.25) is 4.79 Å². The Balaban J connectivity index is 2.14. The minimum atomic E-state index is -1.54. The number of methoxy groups -OCH3 is 2. The molecule has 2 aromatic rings. The van der Waals surface area contributed by atoms with Crippen LogP contribution in [0.5, 0.6) is 11.5 Å². The second kappa shape index (κ2) is 8.63. The van der Waals surface area contributed by atoms with E-state index < -0.39 is 17.4 Å². The summed E-state index contributed by atoms with van der Waals surface area (Å²) < 4.78 is 15.8. The number of thiazole rings is 1. The van der Waals surface area contributed by atoms with Crippen LogP contribution in [0, 0.1) is 0 Å². The van der Waals surface area contributed by atoms with Crippen LogP contribution >= 0.6 is 11.3 Å². The standard InChI is InChI=1S/C17H20N2O6S/c1-17(9-23-2,16(21)22)19-15(20)11-4-5-13(14(6-11)24-3)25-7-12-8-26-10-18-12/h4-6,8,10H,7,9H2,1-3H3,(H,19,20)(H,21,22). The highest BCUT2D eigenvalue weighted by Crippen LogP contribution is 2.29. The molecule has 0 aliphatic heterocycles. The maximum absolute atomic E-state index is 12.4. The van der Waals surface area contributed by atoms with E-state index >= 15 is 0 Å². The maximum atomic E-state index is 12.4. The van der Waals surface area contributed by atoms with E-state index in [0.717, 1.165) is 5.69 Å². The second-order valence-corrected chi connectivity index (χ2v) is 6.38. The topological polar surface area (TPSA) is 107 Å². The van der Waals surface area contributed by atoms with Crippen molar-refractivity contribution in [3.05, 3.63) is 40.3 Å². The second-order valence-electron chi connectivity index (χ2n) is 5.66. The highest BCUT2D eigenvalue weighted by Gasteiger charge is 2.35. The van der Waals surface area contributed by atoms with Crippen LogP contribution in [0.1, 0.15) is 23.0 Å². The first-order chi connectivity index (χ1) is 12.4. The van der Waals surface area contributed by atoms with Crippen LogP contribution in [0.2, 0.25) is 0 Å². The average Bonchev–Trinajstić information content (AvgIpc) is 3.13. The third kappa shape index (κ3) is 4.70. The van der Waals surface area contributed by atoms with Crippen LogP contribution in [-0.4, -0.2) is 48.3 Å². The molecule has 0 fully saturated rings. The summed E-state index contributed by atoms with van der Waals surface area (Å²) in [7, 11) is 2.82. The Bertz CT molecular complexity index is 765. The lowest BCUT2D eigenvalue weighted by molar-refractivity contribution is -0.145. The number of hydrogen-bond acceptors (Lipinski definition) is 7. The van der Waals surface area contributed by atoms with E-state index in [9.17, 15) is 14.7 Å². The van der Waals surface area contributed by atoms with Gasteiger partial charge in [0.25, 0.3) is 5.91 Å². The van der Waals surface area contributed by atoms with Crippen molar-refractivity contribution in [3.63, 3.8) is 0 Å². The molecule has 0 bridgehead atoms. The predicted octanol–water partition coefficient (Wildman–Crippen LogP) is 1.95. The summed E-state index contributed by atoms with van der Waals surface area (Å²) in [4.78, 5) is 28.0. The van der Waals surface area contributed by atoms with Gasteiger partial charge in [0.1, 0.15) is 6.61 Å². The minimum Gasteiger partial charge on any atom is -0.493 e. The molecule has 140 valence electrons. The van der Waals surface area contributed by atoms with E-state index in [0.29, 0.717) is 11.5 Å². The molecule has 0 spiro atoms. The first-order valence-electron chi connectivity index (χ1n) is 7.62. The highest BCUT2D eigenvalue weighted by atomic mass is 32.1. The summed E-state index contributed by atoms with van der Waals surface area (Å²) in [5.41, 5.74) is 1.20. The Morgan fingerprint density at radius 1 is 1.31 bits per heavy atom. The number of carboxylic acid groups (broad SMARTS) is 1. The van der Waals surface area contributed by atoms with Crippen molar-refractivity contribution in [3.8, 4) is 11.5 Å². The van der Waals surface area contributed by atoms with E-state index in [1.54, 1.807) is 11.6 Å². The number of aliphatic carboxylic acids is 1. The molecule has 8 nitrogen and oxygen atoms in total. The van der Waals surface area contributed by atoms with Gasteiger partial charge in [0.15, 0.2) is 17.0 Å². The normalized spacial score (nSPS) is 12.9. The number of hydrogen-bond donors (Lipinski definition) is 2. The number of benzene rings is 1. The van der Waals surface area contributed by atoms with Gasteiger partial charge in [-0.2, -0.15) is 0 Å². The third-order valence-corrected chi connectivity index (χ3v) is 4.21. The SMILES string of the molecule is COCC(C)(NC(=O)c1ccc(OCc2cscn2)c(OC)c1)C(=O)O. The summed E-state index contributed by atoms with van der Waals surface area (Å²) in [6.07, 6.45) is 0. The molecule has 26 heavy (non-hydrogen) atoms. The zero-order chi connectivity index (χ0) is 19.2. The zero-order valence-corrected chi connectivity index (χ0v) is 15.5. The smallest absolute Gasteiger partial charge is 0.331 e. The molecule has 0 radical (unpaired) electrons. The van der Waals surface area contributed by atoms with Crippen LogP contribution in [0.4, 0.5) is 0 Å². The first-order valence-corrected chi connectivity index (χ1v) is 8.56. The molecule has 2 N–H and O–H groups in total. The number of carboxylic acids is 1. The molecule has 0 saturated heterocycles. The predicted molar refractivity (Wildman–Crippen MR) is 94.8 cm³/mol. The highest BCUT2D eigenvalue weighted by molar-refractivity contribution is 7.07. The van der Waals surface area contributed by atoms with Crippen molar-refractivity contribution < 1.29 is 28.9 Å². The van der Waals surface area contributed by atoms with Gasteiger partial charge < -0.3 is 24.6 Å². The third-order valence-electron chi connectivity index (χ3n) is 3.58. The molecule has 1 aromatic carbocycles. The van der Waals surface area contributed by atoms with Gasteiger partial charge in [0.05, 0.1) is 24.9 Å². The van der Waals surface area contributed by atoms with Gasteiger partial charge in [0, 0.05) is 18.1 Å². The van der Waals surface area contributed by atoms with E-state index in [4.69, 9.17) is 14.2 Å². The molecule has 0 aliphatic rings. The average molecular weight is 380 g/mol. The lowest BCUT2D eigenvalue weighted by Crippen LogP contribution is -2.55. The van der Waals surface area contributed by atoms with Crippen LogP contribution < -0.4 is 14.8 Å². The molecule has 9 heteroatoms. The number of ether oxygens (including phenoxy) is 3. The zero-order valence-electron chi connectivity index (χ0n) is 14.6. The molecule has 1 amide bonds. The van der Waals surface area contributed by atoms with Crippen molar-refractivity contribution in [2.24, 2.45) is 0 Å². The molecular weight excluding hydrogens is 360 g/mol. The van der Waals surface area contributed by atoms with Gasteiger partial charge in [0.2, 0.25) is 0 Å². The number of rotatable bonds is 9. The Morgan fingerprint density at radius 2 is 2.08 bits per heavy atom. The quantitative estimate of drug-likeness (QED) is 0.685. The molecular formula is C17H20N2O6S. The largest absolute Gasteiger partial charge is 0.493 e. The number of nitrogens with zero attached hydrogens (tertiary/aromatic N) is 1. The lowest BCUT2D eigenvalue weighted by atomic mass is 10.0. The van der Waals surface area contributed by atoms with Crippen molar-refractivity contribution in [2.75, 3.05) is 20.8 Å². The summed E-state index contributed by atoms with van der Waals surface area (Å²) in [5.74, 6) is -0.939. The lowest BCUT2D eigenvalue weighted by Gasteiger charge is -2.25. The Morgan fingerprint density at radius 3 is 2.65 bits per heavy atom.